The van der Waals surface area contributed by atoms with Crippen LogP contribution in [0.25, 0.3) is 10.9 Å². The van der Waals surface area contributed by atoms with Gasteiger partial charge in [-0.3, -0.25) is 0 Å². The van der Waals surface area contributed by atoms with E-state index in [0.29, 0.717) is 5.52 Å². The highest BCUT2D eigenvalue weighted by atomic mass is 19.1. The molecule has 1 aromatic heterocycles. The Kier molecular flexibility index (Phi) is 1.65. The summed E-state index contributed by atoms with van der Waals surface area (Å²) < 4.78 is 15.3. The predicted octanol–water partition coefficient (Wildman–Crippen LogP) is 2.93. The highest BCUT2D eigenvalue weighted by Gasteiger charge is 2.10. The summed E-state index contributed by atoms with van der Waals surface area (Å²) in [6, 6.07) is 5.21. The van der Waals surface area contributed by atoms with E-state index < -0.39 is 0 Å². The average molecular weight is 177 g/mol. The van der Waals surface area contributed by atoms with Gasteiger partial charge in [0.1, 0.15) is 5.82 Å². The zero-order valence-corrected chi connectivity index (χ0v) is 8.06. The summed E-state index contributed by atoms with van der Waals surface area (Å²) in [6.45, 7) is 4.03. The molecule has 0 aliphatic heterocycles. The van der Waals surface area contributed by atoms with Gasteiger partial charge in [0.15, 0.2) is 0 Å². The fourth-order valence-electron chi connectivity index (χ4n) is 1.77. The van der Waals surface area contributed by atoms with Gasteiger partial charge in [0.05, 0.1) is 5.52 Å². The predicted molar refractivity (Wildman–Crippen MR) is 52.4 cm³/mol. The van der Waals surface area contributed by atoms with Crippen molar-refractivity contribution in [1.82, 2.24) is 4.57 Å². The lowest BCUT2D eigenvalue weighted by molar-refractivity contribution is 0.631. The first-order chi connectivity index (χ1) is 6.13. The number of rotatable bonds is 0. The third kappa shape index (κ3) is 0.981. The SMILES string of the molecule is Cc1c(C)n(C)c2c(F)cccc12. The van der Waals surface area contributed by atoms with Crippen molar-refractivity contribution in [3.05, 3.63) is 35.3 Å². The Hall–Kier alpha value is -1.31. The highest BCUT2D eigenvalue weighted by molar-refractivity contribution is 5.85. The van der Waals surface area contributed by atoms with Crippen LogP contribution < -0.4 is 0 Å². The number of nitrogens with zero attached hydrogens (tertiary/aromatic N) is 1. The number of hydrogen-bond donors (Lipinski definition) is 0. The number of aryl methyl sites for hydroxylation is 2. The van der Waals surface area contributed by atoms with Gasteiger partial charge in [0.2, 0.25) is 0 Å². The molecule has 13 heavy (non-hydrogen) atoms. The van der Waals surface area contributed by atoms with Gasteiger partial charge in [0, 0.05) is 18.1 Å². The molecular weight excluding hydrogens is 165 g/mol. The second-order valence-electron chi connectivity index (χ2n) is 3.41. The van der Waals surface area contributed by atoms with Crippen molar-refractivity contribution in [3.8, 4) is 0 Å². The maximum atomic E-state index is 13.4. The van der Waals surface area contributed by atoms with Crippen LogP contribution >= 0.6 is 0 Å². The smallest absolute Gasteiger partial charge is 0.147 e. The minimum atomic E-state index is -0.142. The minimum Gasteiger partial charge on any atom is -0.345 e. The minimum absolute atomic E-state index is 0.142. The zero-order valence-electron chi connectivity index (χ0n) is 8.06. The number of fused-ring (bicyclic) bond motifs is 1. The molecule has 0 N–H and O–H groups in total. The molecule has 0 radical (unpaired) electrons. The second kappa shape index (κ2) is 2.59. The molecule has 0 spiro atoms. The molecule has 0 aliphatic carbocycles. The summed E-state index contributed by atoms with van der Waals surface area (Å²) in [5, 5.41) is 1.01. The lowest BCUT2D eigenvalue weighted by Gasteiger charge is -1.98. The summed E-state index contributed by atoms with van der Waals surface area (Å²) in [4.78, 5) is 0. The lowest BCUT2D eigenvalue weighted by Crippen LogP contribution is -1.92. The molecule has 0 unspecified atom stereocenters. The summed E-state index contributed by atoms with van der Waals surface area (Å²) >= 11 is 0. The van der Waals surface area contributed by atoms with Crippen molar-refractivity contribution in [3.63, 3.8) is 0 Å². The van der Waals surface area contributed by atoms with Gasteiger partial charge in [-0.25, -0.2) is 4.39 Å². The Morgan fingerprint density at radius 3 is 2.54 bits per heavy atom. The number of aromatic nitrogens is 1. The lowest BCUT2D eigenvalue weighted by atomic mass is 10.1. The topological polar surface area (TPSA) is 4.93 Å². The molecule has 0 saturated heterocycles. The quantitative estimate of drug-likeness (QED) is 0.583. The van der Waals surface area contributed by atoms with E-state index in [-0.39, 0.29) is 5.82 Å². The second-order valence-corrected chi connectivity index (χ2v) is 3.41. The maximum Gasteiger partial charge on any atom is 0.147 e. The monoisotopic (exact) mass is 177 g/mol. The van der Waals surface area contributed by atoms with Crippen LogP contribution in [-0.4, -0.2) is 4.57 Å². The molecular formula is C11H12FN. The molecule has 0 fully saturated rings. The standard InChI is InChI=1S/C11H12FN/c1-7-8(2)13(3)11-9(7)5-4-6-10(11)12/h4-6H,1-3H3. The summed E-state index contributed by atoms with van der Waals surface area (Å²) in [6.07, 6.45) is 0. The first-order valence-corrected chi connectivity index (χ1v) is 4.33. The third-order valence-electron chi connectivity index (χ3n) is 2.77. The maximum absolute atomic E-state index is 13.4. The van der Waals surface area contributed by atoms with E-state index >= 15 is 0 Å². The van der Waals surface area contributed by atoms with Crippen molar-refractivity contribution in [2.24, 2.45) is 7.05 Å². The molecule has 2 rings (SSSR count). The molecule has 2 aromatic rings. The van der Waals surface area contributed by atoms with Gasteiger partial charge < -0.3 is 4.57 Å². The Morgan fingerprint density at radius 1 is 1.23 bits per heavy atom. The van der Waals surface area contributed by atoms with Crippen LogP contribution in [0.1, 0.15) is 11.3 Å². The number of halogens is 1. The molecule has 0 aliphatic rings. The molecule has 0 amide bonds. The van der Waals surface area contributed by atoms with Crippen LogP contribution in [0.3, 0.4) is 0 Å². The molecule has 68 valence electrons. The first kappa shape index (κ1) is 8.30. The van der Waals surface area contributed by atoms with Gasteiger partial charge in [-0.15, -0.1) is 0 Å². The Balaban J connectivity index is 3.03. The molecule has 1 aromatic carbocycles. The Morgan fingerprint density at radius 2 is 1.92 bits per heavy atom. The van der Waals surface area contributed by atoms with E-state index in [0.717, 1.165) is 16.6 Å². The Bertz CT molecular complexity index is 468. The molecule has 0 bridgehead atoms. The summed E-state index contributed by atoms with van der Waals surface area (Å²) in [7, 11) is 1.90. The van der Waals surface area contributed by atoms with Crippen molar-refractivity contribution in [1.29, 1.82) is 0 Å². The number of hydrogen-bond acceptors (Lipinski definition) is 0. The molecule has 0 atom stereocenters. The van der Waals surface area contributed by atoms with Gasteiger partial charge in [-0.2, -0.15) is 0 Å². The highest BCUT2D eigenvalue weighted by Crippen LogP contribution is 2.25. The molecule has 0 saturated carbocycles. The van der Waals surface area contributed by atoms with Gasteiger partial charge in [-0.05, 0) is 25.5 Å². The largest absolute Gasteiger partial charge is 0.345 e. The average Bonchev–Trinajstić information content (AvgIpc) is 2.33. The summed E-state index contributed by atoms with van der Waals surface area (Å²) in [5.74, 6) is -0.142. The van der Waals surface area contributed by atoms with Crippen LogP contribution in [-0.2, 0) is 7.05 Å². The normalized spacial score (nSPS) is 11.1. The molecule has 1 nitrogen and oxygen atoms in total. The Labute approximate surface area is 76.8 Å². The number of benzene rings is 1. The van der Waals surface area contributed by atoms with Gasteiger partial charge in [-0.1, -0.05) is 12.1 Å². The fraction of sp³-hybridized carbons (Fsp3) is 0.273. The first-order valence-electron chi connectivity index (χ1n) is 4.33. The van der Waals surface area contributed by atoms with Crippen molar-refractivity contribution in [2.75, 3.05) is 0 Å². The van der Waals surface area contributed by atoms with Gasteiger partial charge in [0.25, 0.3) is 0 Å². The van der Waals surface area contributed by atoms with Crippen LogP contribution in [0, 0.1) is 19.7 Å². The van der Waals surface area contributed by atoms with E-state index in [4.69, 9.17) is 0 Å². The fourth-order valence-corrected chi connectivity index (χ4v) is 1.77. The van der Waals surface area contributed by atoms with Crippen LogP contribution in [0.4, 0.5) is 4.39 Å². The van der Waals surface area contributed by atoms with Crippen molar-refractivity contribution in [2.45, 2.75) is 13.8 Å². The van der Waals surface area contributed by atoms with Crippen molar-refractivity contribution >= 4 is 10.9 Å². The molecule has 1 heterocycles. The van der Waals surface area contributed by atoms with E-state index in [1.54, 1.807) is 6.07 Å². The third-order valence-corrected chi connectivity index (χ3v) is 2.77. The van der Waals surface area contributed by atoms with E-state index in [1.807, 2.05) is 31.5 Å². The van der Waals surface area contributed by atoms with E-state index in [9.17, 15) is 4.39 Å². The van der Waals surface area contributed by atoms with Gasteiger partial charge >= 0.3 is 0 Å². The van der Waals surface area contributed by atoms with Crippen LogP contribution in [0.5, 0.6) is 0 Å². The zero-order chi connectivity index (χ0) is 9.59. The van der Waals surface area contributed by atoms with Crippen LogP contribution in [0.2, 0.25) is 0 Å². The molecule has 2 heteroatoms. The van der Waals surface area contributed by atoms with Crippen LogP contribution in [0.15, 0.2) is 18.2 Å². The van der Waals surface area contributed by atoms with E-state index in [2.05, 4.69) is 0 Å². The summed E-state index contributed by atoms with van der Waals surface area (Å²) in [5.41, 5.74) is 3.00. The van der Waals surface area contributed by atoms with E-state index in [1.165, 1.54) is 6.07 Å². The number of para-hydroxylation sites is 1. The van der Waals surface area contributed by atoms with Crippen molar-refractivity contribution < 1.29 is 4.39 Å².